The SMILES string of the molecule is C=C1NN(c2nc(-c3ccc(Br)cc3)cs2)C(=O)/C1=N/Nc1cccc(CO)c1. The van der Waals surface area contributed by atoms with Crippen molar-refractivity contribution in [1.29, 1.82) is 0 Å². The van der Waals surface area contributed by atoms with Crippen molar-refractivity contribution in [3.8, 4) is 11.3 Å². The summed E-state index contributed by atoms with van der Waals surface area (Å²) in [7, 11) is 0. The Morgan fingerprint density at radius 3 is 2.83 bits per heavy atom. The number of aliphatic hydroxyl groups excluding tert-OH is 1. The van der Waals surface area contributed by atoms with Crippen LogP contribution in [0.15, 0.2) is 75.8 Å². The quantitative estimate of drug-likeness (QED) is 0.493. The molecule has 1 aliphatic rings. The van der Waals surface area contributed by atoms with E-state index in [-0.39, 0.29) is 18.2 Å². The molecule has 1 aliphatic heterocycles. The first-order chi connectivity index (χ1) is 14.0. The van der Waals surface area contributed by atoms with Gasteiger partial charge < -0.3 is 5.11 Å². The van der Waals surface area contributed by atoms with E-state index in [1.165, 1.54) is 16.3 Å². The summed E-state index contributed by atoms with van der Waals surface area (Å²) in [5, 5.41) is 17.1. The number of amides is 1. The van der Waals surface area contributed by atoms with E-state index in [1.54, 1.807) is 24.3 Å². The molecule has 3 aromatic rings. The molecule has 0 spiro atoms. The molecule has 4 rings (SSSR count). The lowest BCUT2D eigenvalue weighted by Gasteiger charge is -2.10. The second kappa shape index (κ2) is 8.16. The lowest BCUT2D eigenvalue weighted by molar-refractivity contribution is -0.112. The number of aromatic nitrogens is 1. The van der Waals surface area contributed by atoms with Gasteiger partial charge in [0.15, 0.2) is 5.71 Å². The lowest BCUT2D eigenvalue weighted by atomic mass is 10.2. The Bertz CT molecular complexity index is 1110. The summed E-state index contributed by atoms with van der Waals surface area (Å²) in [5.74, 6) is -0.350. The van der Waals surface area contributed by atoms with Gasteiger partial charge in [-0.15, -0.1) is 11.3 Å². The van der Waals surface area contributed by atoms with Gasteiger partial charge in [-0.25, -0.2) is 4.98 Å². The molecule has 0 aliphatic carbocycles. The molecule has 1 amide bonds. The summed E-state index contributed by atoms with van der Waals surface area (Å²) >= 11 is 4.76. The Hall–Kier alpha value is -3.01. The second-order valence-electron chi connectivity index (χ2n) is 6.18. The van der Waals surface area contributed by atoms with Crippen molar-refractivity contribution in [3.05, 3.63) is 76.2 Å². The Kier molecular flexibility index (Phi) is 5.43. The largest absolute Gasteiger partial charge is 0.392 e. The molecule has 0 radical (unpaired) electrons. The van der Waals surface area contributed by atoms with Crippen LogP contribution in [-0.4, -0.2) is 21.7 Å². The number of hydrazone groups is 1. The number of hydrogen-bond acceptors (Lipinski definition) is 7. The van der Waals surface area contributed by atoms with E-state index < -0.39 is 0 Å². The van der Waals surface area contributed by atoms with Crippen molar-refractivity contribution in [2.24, 2.45) is 5.10 Å². The van der Waals surface area contributed by atoms with Crippen LogP contribution >= 0.6 is 27.3 Å². The normalized spacial score (nSPS) is 15.1. The molecule has 1 aromatic heterocycles. The molecule has 29 heavy (non-hydrogen) atoms. The summed E-state index contributed by atoms with van der Waals surface area (Å²) in [4.78, 5) is 17.4. The van der Waals surface area contributed by atoms with Gasteiger partial charge in [0.25, 0.3) is 0 Å². The molecule has 9 heteroatoms. The first-order valence-corrected chi connectivity index (χ1v) is 10.3. The van der Waals surface area contributed by atoms with E-state index in [2.05, 4.69) is 43.4 Å². The minimum absolute atomic E-state index is 0.0716. The van der Waals surface area contributed by atoms with Gasteiger partial charge >= 0.3 is 5.91 Å². The summed E-state index contributed by atoms with van der Waals surface area (Å²) in [6, 6.07) is 14.9. The van der Waals surface area contributed by atoms with E-state index in [1.807, 2.05) is 29.6 Å². The van der Waals surface area contributed by atoms with Gasteiger partial charge in [0, 0.05) is 15.4 Å². The van der Waals surface area contributed by atoms with E-state index in [0.717, 1.165) is 21.3 Å². The third-order valence-electron chi connectivity index (χ3n) is 4.17. The molecule has 0 unspecified atom stereocenters. The Morgan fingerprint density at radius 1 is 1.28 bits per heavy atom. The summed E-state index contributed by atoms with van der Waals surface area (Å²) in [5.41, 5.74) is 9.45. The zero-order valence-corrected chi connectivity index (χ0v) is 17.5. The highest BCUT2D eigenvalue weighted by Crippen LogP contribution is 2.29. The lowest BCUT2D eigenvalue weighted by Crippen LogP contribution is -2.34. The Morgan fingerprint density at radius 2 is 2.07 bits per heavy atom. The van der Waals surface area contributed by atoms with Gasteiger partial charge in [-0.3, -0.25) is 15.6 Å². The molecule has 1 saturated heterocycles. The number of nitrogens with one attached hydrogen (secondary N) is 2. The average molecular weight is 470 g/mol. The van der Waals surface area contributed by atoms with Crippen LogP contribution in [0, 0.1) is 0 Å². The highest BCUT2D eigenvalue weighted by molar-refractivity contribution is 9.10. The number of carbonyl (C=O) groups excluding carboxylic acids is 1. The zero-order chi connectivity index (χ0) is 20.4. The van der Waals surface area contributed by atoms with Gasteiger partial charge in [0.2, 0.25) is 5.13 Å². The first kappa shape index (κ1) is 19.3. The number of hydrogen-bond donors (Lipinski definition) is 3. The van der Waals surface area contributed by atoms with Crippen molar-refractivity contribution in [2.75, 3.05) is 10.4 Å². The molecule has 7 nitrogen and oxygen atoms in total. The molecule has 2 aromatic carbocycles. The molecule has 0 saturated carbocycles. The van der Waals surface area contributed by atoms with Gasteiger partial charge in [-0.1, -0.05) is 46.8 Å². The third kappa shape index (κ3) is 4.07. The number of carbonyl (C=O) groups is 1. The van der Waals surface area contributed by atoms with E-state index in [0.29, 0.717) is 16.5 Å². The number of hydrazine groups is 1. The fraction of sp³-hybridized carbons (Fsp3) is 0.0500. The van der Waals surface area contributed by atoms with Gasteiger partial charge in [0.05, 0.1) is 23.7 Å². The van der Waals surface area contributed by atoms with Crippen LogP contribution in [0.5, 0.6) is 0 Å². The molecular formula is C20H16BrN5O2S. The molecular weight excluding hydrogens is 454 g/mol. The van der Waals surface area contributed by atoms with Gasteiger partial charge in [0.1, 0.15) is 0 Å². The van der Waals surface area contributed by atoms with Crippen LogP contribution in [0.3, 0.4) is 0 Å². The van der Waals surface area contributed by atoms with E-state index in [9.17, 15) is 9.90 Å². The topological polar surface area (TPSA) is 89.9 Å². The fourth-order valence-corrected chi connectivity index (χ4v) is 3.76. The number of rotatable bonds is 5. The number of aliphatic hydroxyl groups is 1. The second-order valence-corrected chi connectivity index (χ2v) is 7.94. The van der Waals surface area contributed by atoms with Crippen LogP contribution < -0.4 is 15.9 Å². The van der Waals surface area contributed by atoms with Gasteiger partial charge in [-0.2, -0.15) is 10.1 Å². The van der Waals surface area contributed by atoms with Gasteiger partial charge in [-0.05, 0) is 29.8 Å². The third-order valence-corrected chi connectivity index (χ3v) is 5.52. The predicted molar refractivity (Wildman–Crippen MR) is 118 cm³/mol. The number of halogens is 1. The summed E-state index contributed by atoms with van der Waals surface area (Å²) in [6.45, 7) is 3.80. The van der Waals surface area contributed by atoms with Crippen molar-refractivity contribution < 1.29 is 9.90 Å². The van der Waals surface area contributed by atoms with E-state index in [4.69, 9.17) is 0 Å². The fourth-order valence-electron chi connectivity index (χ4n) is 2.70. The molecule has 1 fully saturated rings. The minimum Gasteiger partial charge on any atom is -0.392 e. The highest BCUT2D eigenvalue weighted by Gasteiger charge is 2.34. The standard InChI is InChI=1S/C20H16BrN5O2S/c1-12-18(24-23-16-4-2-3-13(9-16)10-27)19(28)26(25-12)20-22-17(11-29-20)14-5-7-15(21)8-6-14/h2-9,11,23,25,27H,1,10H2/b24-18+. The maximum Gasteiger partial charge on any atom is 0.301 e. The summed E-state index contributed by atoms with van der Waals surface area (Å²) in [6.07, 6.45) is 0. The van der Waals surface area contributed by atoms with Crippen LogP contribution in [0.4, 0.5) is 10.8 Å². The Labute approximate surface area is 179 Å². The molecule has 0 atom stereocenters. The maximum absolute atomic E-state index is 12.8. The number of benzene rings is 2. The van der Waals surface area contributed by atoms with Crippen molar-refractivity contribution in [3.63, 3.8) is 0 Å². The van der Waals surface area contributed by atoms with Crippen LogP contribution in [0.1, 0.15) is 5.56 Å². The first-order valence-electron chi connectivity index (χ1n) is 8.60. The van der Waals surface area contributed by atoms with Crippen molar-refractivity contribution >= 4 is 49.7 Å². The minimum atomic E-state index is -0.350. The predicted octanol–water partition coefficient (Wildman–Crippen LogP) is 3.90. The van der Waals surface area contributed by atoms with Crippen LogP contribution in [0.2, 0.25) is 0 Å². The molecule has 3 N–H and O–H groups in total. The molecule has 0 bridgehead atoms. The zero-order valence-electron chi connectivity index (χ0n) is 15.1. The smallest absolute Gasteiger partial charge is 0.301 e. The van der Waals surface area contributed by atoms with Crippen molar-refractivity contribution in [1.82, 2.24) is 10.4 Å². The number of nitrogens with zero attached hydrogens (tertiary/aromatic N) is 3. The number of thiazole rings is 1. The monoisotopic (exact) mass is 469 g/mol. The Balaban J connectivity index is 1.53. The summed E-state index contributed by atoms with van der Waals surface area (Å²) < 4.78 is 0.988. The van der Waals surface area contributed by atoms with Crippen LogP contribution in [0.25, 0.3) is 11.3 Å². The van der Waals surface area contributed by atoms with E-state index >= 15 is 0 Å². The average Bonchev–Trinajstić information content (AvgIpc) is 3.32. The highest BCUT2D eigenvalue weighted by atomic mass is 79.9. The molecule has 146 valence electrons. The van der Waals surface area contributed by atoms with Crippen molar-refractivity contribution in [2.45, 2.75) is 6.61 Å². The number of anilines is 2. The maximum atomic E-state index is 12.8. The molecule has 2 heterocycles. The van der Waals surface area contributed by atoms with Crippen LogP contribution in [-0.2, 0) is 11.4 Å².